The molecule has 1 heterocycles. The summed E-state index contributed by atoms with van der Waals surface area (Å²) in [6.07, 6.45) is 0.450. The van der Waals surface area contributed by atoms with Gasteiger partial charge in [0.05, 0.1) is 0 Å². The van der Waals surface area contributed by atoms with Crippen LogP contribution in [0.1, 0.15) is 12.8 Å². The van der Waals surface area contributed by atoms with Gasteiger partial charge in [-0.3, -0.25) is 14.3 Å². The fourth-order valence-electron chi connectivity index (χ4n) is 2.26. The van der Waals surface area contributed by atoms with Crippen LogP contribution in [0.25, 0.3) is 0 Å². The summed E-state index contributed by atoms with van der Waals surface area (Å²) in [6.45, 7) is -0.262. The Kier molecular flexibility index (Phi) is 2.90. The van der Waals surface area contributed by atoms with Crippen LogP contribution in [0.15, 0.2) is 21.9 Å². The number of nitrogens with zero attached hydrogens (tertiary/aromatic N) is 1. The Bertz CT molecular complexity index is 522. The van der Waals surface area contributed by atoms with Crippen molar-refractivity contribution < 1.29 is 15.3 Å². The SMILES string of the molecule is O=c1ccn([C@@]2(O)CC[C@H](CO)[C@H]2O)c(=O)[nH]1. The maximum absolute atomic E-state index is 11.5. The number of hydrogen-bond acceptors (Lipinski definition) is 5. The lowest BCUT2D eigenvalue weighted by atomic mass is 10.0. The van der Waals surface area contributed by atoms with E-state index in [-0.39, 0.29) is 13.0 Å². The molecule has 1 aromatic heterocycles. The maximum Gasteiger partial charge on any atom is 0.330 e. The minimum Gasteiger partial charge on any atom is -0.396 e. The molecule has 1 fully saturated rings. The van der Waals surface area contributed by atoms with Crippen LogP contribution in [0.4, 0.5) is 0 Å². The second-order valence-corrected chi connectivity index (χ2v) is 4.28. The number of aliphatic hydroxyl groups excluding tert-OH is 2. The highest BCUT2D eigenvalue weighted by molar-refractivity contribution is 4.98. The highest BCUT2D eigenvalue weighted by Crippen LogP contribution is 2.37. The molecule has 0 aliphatic heterocycles. The summed E-state index contributed by atoms with van der Waals surface area (Å²) in [5.74, 6) is -0.473. The van der Waals surface area contributed by atoms with Crippen molar-refractivity contribution >= 4 is 0 Å². The van der Waals surface area contributed by atoms with Crippen molar-refractivity contribution in [2.24, 2.45) is 5.92 Å². The van der Waals surface area contributed by atoms with Crippen LogP contribution in [-0.4, -0.2) is 37.6 Å². The van der Waals surface area contributed by atoms with Gasteiger partial charge in [-0.25, -0.2) is 4.79 Å². The number of aromatic amines is 1. The lowest BCUT2D eigenvalue weighted by Crippen LogP contribution is -2.50. The molecule has 1 saturated carbocycles. The van der Waals surface area contributed by atoms with E-state index in [4.69, 9.17) is 5.11 Å². The fraction of sp³-hybridized carbons (Fsp3) is 0.600. The zero-order valence-electron chi connectivity index (χ0n) is 9.04. The van der Waals surface area contributed by atoms with Crippen LogP contribution in [0, 0.1) is 5.92 Å². The molecule has 1 aliphatic rings. The Hall–Kier alpha value is -1.44. The highest BCUT2D eigenvalue weighted by atomic mass is 16.4. The third-order valence-electron chi connectivity index (χ3n) is 3.28. The predicted octanol–water partition coefficient (Wildman–Crippen LogP) is -2.06. The summed E-state index contributed by atoms with van der Waals surface area (Å²) in [6, 6.07) is 1.10. The first-order valence-corrected chi connectivity index (χ1v) is 5.33. The molecule has 0 amide bonds. The summed E-state index contributed by atoms with van der Waals surface area (Å²) in [5.41, 5.74) is -3.12. The molecule has 4 N–H and O–H groups in total. The van der Waals surface area contributed by atoms with Crippen molar-refractivity contribution in [1.82, 2.24) is 9.55 Å². The molecule has 7 heteroatoms. The largest absolute Gasteiger partial charge is 0.396 e. The lowest BCUT2D eigenvalue weighted by molar-refractivity contribution is -0.132. The van der Waals surface area contributed by atoms with Gasteiger partial charge in [0.2, 0.25) is 0 Å². The monoisotopic (exact) mass is 242 g/mol. The molecule has 94 valence electrons. The average molecular weight is 242 g/mol. The van der Waals surface area contributed by atoms with E-state index in [1.54, 1.807) is 0 Å². The Balaban J connectivity index is 2.46. The number of aromatic nitrogens is 2. The van der Waals surface area contributed by atoms with E-state index < -0.39 is 29.0 Å². The van der Waals surface area contributed by atoms with Gasteiger partial charge in [-0.1, -0.05) is 0 Å². The van der Waals surface area contributed by atoms with Gasteiger partial charge in [0, 0.05) is 24.8 Å². The Morgan fingerprint density at radius 2 is 2.24 bits per heavy atom. The van der Waals surface area contributed by atoms with Crippen LogP contribution in [0.2, 0.25) is 0 Å². The van der Waals surface area contributed by atoms with Gasteiger partial charge < -0.3 is 15.3 Å². The van der Waals surface area contributed by atoms with Crippen molar-refractivity contribution in [3.05, 3.63) is 33.1 Å². The second kappa shape index (κ2) is 4.10. The smallest absolute Gasteiger partial charge is 0.330 e. The predicted molar refractivity (Wildman–Crippen MR) is 57.3 cm³/mol. The molecule has 0 bridgehead atoms. The molecule has 17 heavy (non-hydrogen) atoms. The zero-order valence-corrected chi connectivity index (χ0v) is 9.04. The standard InChI is InChI=1S/C10H14N2O5/c13-5-6-1-3-10(17,8(6)15)12-4-2-7(14)11-9(12)16/h2,4,6,8,13,15,17H,1,3,5H2,(H,11,14,16)/t6-,8-,10-/m1/s1. The molecule has 2 rings (SSSR count). The van der Waals surface area contributed by atoms with Crippen LogP contribution in [0.3, 0.4) is 0 Å². The summed E-state index contributed by atoms with van der Waals surface area (Å²) in [5, 5.41) is 29.2. The molecule has 0 saturated heterocycles. The van der Waals surface area contributed by atoms with E-state index in [0.29, 0.717) is 6.42 Å². The Morgan fingerprint density at radius 3 is 2.76 bits per heavy atom. The van der Waals surface area contributed by atoms with E-state index in [9.17, 15) is 19.8 Å². The second-order valence-electron chi connectivity index (χ2n) is 4.28. The molecule has 1 aliphatic carbocycles. The minimum absolute atomic E-state index is 0.144. The molecule has 0 radical (unpaired) electrons. The highest BCUT2D eigenvalue weighted by Gasteiger charge is 2.48. The number of H-pyrrole nitrogens is 1. The van der Waals surface area contributed by atoms with E-state index in [0.717, 1.165) is 16.8 Å². The van der Waals surface area contributed by atoms with Crippen molar-refractivity contribution in [1.29, 1.82) is 0 Å². The van der Waals surface area contributed by atoms with Gasteiger partial charge in [0.15, 0.2) is 5.72 Å². The van der Waals surface area contributed by atoms with E-state index in [1.807, 2.05) is 4.98 Å². The molecule has 3 atom stereocenters. The normalized spacial score (nSPS) is 32.9. The third-order valence-corrected chi connectivity index (χ3v) is 3.28. The first-order valence-electron chi connectivity index (χ1n) is 5.33. The van der Waals surface area contributed by atoms with Crippen molar-refractivity contribution in [2.75, 3.05) is 6.61 Å². The van der Waals surface area contributed by atoms with Gasteiger partial charge >= 0.3 is 5.69 Å². The lowest BCUT2D eigenvalue weighted by Gasteiger charge is -2.29. The van der Waals surface area contributed by atoms with Crippen molar-refractivity contribution in [2.45, 2.75) is 24.7 Å². The van der Waals surface area contributed by atoms with Crippen molar-refractivity contribution in [3.63, 3.8) is 0 Å². The quantitative estimate of drug-likeness (QED) is 0.476. The van der Waals surface area contributed by atoms with E-state index in [2.05, 4.69) is 0 Å². The minimum atomic E-state index is -1.77. The van der Waals surface area contributed by atoms with Gasteiger partial charge in [-0.05, 0) is 12.8 Å². The topological polar surface area (TPSA) is 116 Å². The molecule has 0 aromatic carbocycles. The van der Waals surface area contributed by atoms with Crippen LogP contribution >= 0.6 is 0 Å². The summed E-state index contributed by atoms with van der Waals surface area (Å²) >= 11 is 0. The summed E-state index contributed by atoms with van der Waals surface area (Å²) in [4.78, 5) is 24.5. The summed E-state index contributed by atoms with van der Waals surface area (Å²) in [7, 11) is 0. The Morgan fingerprint density at radius 1 is 1.53 bits per heavy atom. The molecule has 0 unspecified atom stereocenters. The number of hydrogen-bond donors (Lipinski definition) is 4. The fourth-order valence-corrected chi connectivity index (χ4v) is 2.26. The van der Waals surface area contributed by atoms with Gasteiger partial charge in [-0.2, -0.15) is 0 Å². The van der Waals surface area contributed by atoms with Crippen LogP contribution in [0.5, 0.6) is 0 Å². The summed E-state index contributed by atoms with van der Waals surface area (Å²) < 4.78 is 0.898. The molecule has 7 nitrogen and oxygen atoms in total. The zero-order chi connectivity index (χ0) is 12.6. The average Bonchev–Trinajstić information content (AvgIpc) is 2.56. The van der Waals surface area contributed by atoms with Crippen LogP contribution in [-0.2, 0) is 5.72 Å². The molecule has 1 aromatic rings. The van der Waals surface area contributed by atoms with Gasteiger partial charge in [-0.15, -0.1) is 0 Å². The van der Waals surface area contributed by atoms with E-state index >= 15 is 0 Å². The third kappa shape index (κ3) is 1.82. The first-order chi connectivity index (χ1) is 7.99. The number of nitrogens with one attached hydrogen (secondary N) is 1. The molecule has 0 spiro atoms. The van der Waals surface area contributed by atoms with Gasteiger partial charge in [0.25, 0.3) is 5.56 Å². The Labute approximate surface area is 96.0 Å². The molecular weight excluding hydrogens is 228 g/mol. The maximum atomic E-state index is 11.5. The number of aliphatic hydroxyl groups is 3. The first kappa shape index (κ1) is 12.0. The van der Waals surface area contributed by atoms with Gasteiger partial charge in [0.1, 0.15) is 6.10 Å². The van der Waals surface area contributed by atoms with Crippen molar-refractivity contribution in [3.8, 4) is 0 Å². The molecular formula is C10H14N2O5. The van der Waals surface area contributed by atoms with Crippen LogP contribution < -0.4 is 11.2 Å². The van der Waals surface area contributed by atoms with E-state index in [1.165, 1.54) is 0 Å². The number of rotatable bonds is 2.